The maximum Gasteiger partial charge on any atom is 0.407 e. The second kappa shape index (κ2) is 18.8. The summed E-state index contributed by atoms with van der Waals surface area (Å²) < 4.78 is 9.66. The number of anilines is 1. The lowest BCUT2D eigenvalue weighted by Crippen LogP contribution is -2.44. The van der Waals surface area contributed by atoms with Gasteiger partial charge in [0.05, 0.1) is 5.52 Å². The fraction of sp³-hybridized carbons (Fsp3) is 0.590. The van der Waals surface area contributed by atoms with Gasteiger partial charge < -0.3 is 25.1 Å². The molecule has 2 N–H and O–H groups in total. The van der Waals surface area contributed by atoms with Gasteiger partial charge in [-0.05, 0) is 126 Å². The zero-order valence-electron chi connectivity index (χ0n) is 31.9. The highest BCUT2D eigenvalue weighted by Crippen LogP contribution is 2.34. The van der Waals surface area contributed by atoms with E-state index in [1.54, 1.807) is 11.9 Å². The van der Waals surface area contributed by atoms with Crippen molar-refractivity contribution in [2.24, 2.45) is 7.05 Å². The number of ether oxygens (including phenoxy) is 1. The van der Waals surface area contributed by atoms with Crippen molar-refractivity contribution in [2.75, 3.05) is 44.7 Å². The highest BCUT2D eigenvalue weighted by atomic mass is 32.2. The third-order valence-corrected chi connectivity index (χ3v) is 10.6. The van der Waals surface area contributed by atoms with Crippen molar-refractivity contribution >= 4 is 47.1 Å². The Hall–Kier alpha value is -3.61. The van der Waals surface area contributed by atoms with E-state index in [-0.39, 0.29) is 31.1 Å². The van der Waals surface area contributed by atoms with E-state index in [1.165, 1.54) is 16.0 Å². The first-order valence-corrected chi connectivity index (χ1v) is 19.4. The number of aldehydes is 1. The zero-order chi connectivity index (χ0) is 37.1. The molecule has 1 unspecified atom stereocenters. The number of piperidine rings is 2. The van der Waals surface area contributed by atoms with Crippen LogP contribution in [0, 0.1) is 0 Å². The van der Waals surface area contributed by atoms with Crippen molar-refractivity contribution in [3.05, 3.63) is 53.6 Å². The van der Waals surface area contributed by atoms with E-state index < -0.39 is 5.60 Å². The van der Waals surface area contributed by atoms with Crippen LogP contribution >= 0.6 is 11.9 Å². The Labute approximate surface area is 308 Å². The molecule has 0 saturated carbocycles. The van der Waals surface area contributed by atoms with Crippen molar-refractivity contribution in [1.82, 2.24) is 29.6 Å². The molecule has 2 fully saturated rings. The number of urea groups is 1. The number of hydrogen-bond acceptors (Lipinski definition) is 8. The molecule has 3 aromatic rings. The van der Waals surface area contributed by atoms with Crippen molar-refractivity contribution in [2.45, 2.75) is 109 Å². The van der Waals surface area contributed by atoms with E-state index in [0.717, 1.165) is 75.5 Å². The minimum absolute atomic E-state index is 0.153. The minimum Gasteiger partial charge on any atom is -0.444 e. The van der Waals surface area contributed by atoms with E-state index in [2.05, 4.69) is 74.3 Å². The summed E-state index contributed by atoms with van der Waals surface area (Å²) in [6.45, 7) is 16.2. The Balaban J connectivity index is 0.00000286. The van der Waals surface area contributed by atoms with Gasteiger partial charge in [-0.1, -0.05) is 32.0 Å². The average Bonchev–Trinajstić information content (AvgIpc) is 3.44. The summed E-state index contributed by atoms with van der Waals surface area (Å²) in [6, 6.07) is 15.7. The van der Waals surface area contributed by atoms with Crippen LogP contribution in [0.5, 0.6) is 0 Å². The summed E-state index contributed by atoms with van der Waals surface area (Å²) in [7, 11) is 3.49. The van der Waals surface area contributed by atoms with Crippen LogP contribution in [0.1, 0.15) is 90.7 Å². The van der Waals surface area contributed by atoms with E-state index in [4.69, 9.17) is 4.74 Å². The Kier molecular flexibility index (Phi) is 14.8. The number of aryl methyl sites for hydroxylation is 1. The Morgan fingerprint density at radius 1 is 1.06 bits per heavy atom. The van der Waals surface area contributed by atoms with Crippen LogP contribution in [0.3, 0.4) is 0 Å². The second-order valence-corrected chi connectivity index (χ2v) is 15.5. The molecule has 0 spiro atoms. The Morgan fingerprint density at radius 2 is 1.76 bits per heavy atom. The number of likely N-dealkylation sites (tertiary alicyclic amines) is 1. The van der Waals surface area contributed by atoms with Crippen LogP contribution in [0.2, 0.25) is 0 Å². The average molecular weight is 722 g/mol. The van der Waals surface area contributed by atoms with Crippen LogP contribution in [-0.2, 0) is 23.0 Å². The molecule has 11 nitrogen and oxygen atoms in total. The number of aromatic nitrogens is 2. The topological polar surface area (TPSA) is 112 Å². The first kappa shape index (κ1) is 40.2. The maximum absolute atomic E-state index is 12.6. The molecule has 3 heterocycles. The lowest BCUT2D eigenvalue weighted by molar-refractivity contribution is -0.107. The first-order valence-electron chi connectivity index (χ1n) is 18.6. The number of hydrogen-bond donors (Lipinski definition) is 2. The number of benzene rings is 2. The number of rotatable bonds is 11. The van der Waals surface area contributed by atoms with E-state index in [9.17, 15) is 14.4 Å². The van der Waals surface area contributed by atoms with Gasteiger partial charge in [0.15, 0.2) is 5.82 Å². The van der Waals surface area contributed by atoms with Gasteiger partial charge in [-0.15, -0.1) is 0 Å². The maximum atomic E-state index is 12.6. The quantitative estimate of drug-likeness (QED) is 0.159. The van der Waals surface area contributed by atoms with Crippen LogP contribution in [0.4, 0.5) is 15.4 Å². The number of nitrogens with zero attached hydrogens (tertiary/aromatic N) is 5. The molecular formula is C39H59N7O4S. The Morgan fingerprint density at radius 3 is 2.41 bits per heavy atom. The molecule has 2 saturated heterocycles. The molecule has 280 valence electrons. The summed E-state index contributed by atoms with van der Waals surface area (Å²) >= 11 is 1.81. The molecule has 0 aliphatic carbocycles. The van der Waals surface area contributed by atoms with Crippen molar-refractivity contribution in [1.29, 1.82) is 0 Å². The van der Waals surface area contributed by atoms with Gasteiger partial charge in [0.1, 0.15) is 11.9 Å². The van der Waals surface area contributed by atoms with Gasteiger partial charge in [-0.25, -0.2) is 13.9 Å². The smallest absolute Gasteiger partial charge is 0.407 e. The third-order valence-electron chi connectivity index (χ3n) is 9.50. The predicted molar refractivity (Wildman–Crippen MR) is 208 cm³/mol. The van der Waals surface area contributed by atoms with Crippen LogP contribution in [0.25, 0.3) is 10.9 Å². The summed E-state index contributed by atoms with van der Waals surface area (Å²) in [5.74, 6) is 1.05. The summed E-state index contributed by atoms with van der Waals surface area (Å²) in [6.07, 6.45) is 5.77. The highest BCUT2D eigenvalue weighted by molar-refractivity contribution is 7.97. The molecule has 12 heteroatoms. The van der Waals surface area contributed by atoms with E-state index in [1.807, 2.05) is 58.3 Å². The number of carbonyl (C=O) groups is 3. The molecule has 1 aromatic heterocycles. The molecule has 2 aromatic carbocycles. The van der Waals surface area contributed by atoms with Gasteiger partial charge in [0, 0.05) is 62.5 Å². The van der Waals surface area contributed by atoms with Gasteiger partial charge in [-0.2, -0.15) is 5.10 Å². The normalized spacial score (nSPS) is 16.9. The fourth-order valence-corrected chi connectivity index (χ4v) is 7.95. The van der Waals surface area contributed by atoms with Crippen molar-refractivity contribution in [3.8, 4) is 0 Å². The number of nitrogens with one attached hydrogen (secondary N) is 2. The molecule has 2 aliphatic rings. The first-order chi connectivity index (χ1) is 24.4. The Bertz CT molecular complexity index is 1590. The van der Waals surface area contributed by atoms with E-state index in [0.29, 0.717) is 17.8 Å². The van der Waals surface area contributed by atoms with Crippen molar-refractivity contribution < 1.29 is 19.1 Å². The molecular weight excluding hydrogens is 663 g/mol. The standard InChI is InChI=1S/C37H53N7O4S.C2H6/c1-26(23-27-9-7-10-31(24-27)49-43-20-15-30(16-21-43)39-36(47)48-37(2,3)4)42-18-13-28(14-19-42)29-11-12-32-33(25-29)41(6)40-34(32)44(17-8-22-45)35(46)38-5;1-2/h7,9-12,22,24-26,28,30H,8,13-21,23H2,1-6H3,(H,38,46)(H,39,47);1-2H3. The van der Waals surface area contributed by atoms with Gasteiger partial charge in [0.2, 0.25) is 0 Å². The SMILES string of the molecule is CC.CNC(=O)N(CCC=O)c1nn(C)c2cc(C3CCN(C(C)Cc4cccc(SN5CCC(NC(=O)OC(C)(C)C)CC5)c4)CC3)ccc12. The fourth-order valence-electron chi connectivity index (χ4n) is 6.92. The summed E-state index contributed by atoms with van der Waals surface area (Å²) in [5, 5.41) is 11.3. The van der Waals surface area contributed by atoms with E-state index >= 15 is 0 Å². The van der Waals surface area contributed by atoms with Crippen molar-refractivity contribution in [3.63, 3.8) is 0 Å². The molecule has 51 heavy (non-hydrogen) atoms. The van der Waals surface area contributed by atoms with Gasteiger partial charge in [0.25, 0.3) is 0 Å². The second-order valence-electron chi connectivity index (χ2n) is 14.3. The third kappa shape index (κ3) is 11.2. The van der Waals surface area contributed by atoms with Gasteiger partial charge >= 0.3 is 12.1 Å². The minimum atomic E-state index is -0.485. The summed E-state index contributed by atoms with van der Waals surface area (Å²) in [4.78, 5) is 41.2. The largest absolute Gasteiger partial charge is 0.444 e. The molecule has 0 radical (unpaired) electrons. The zero-order valence-corrected chi connectivity index (χ0v) is 32.7. The molecule has 0 bridgehead atoms. The molecule has 5 rings (SSSR count). The number of amides is 3. The van der Waals surface area contributed by atoms with Crippen LogP contribution < -0.4 is 15.5 Å². The molecule has 3 amide bonds. The number of fused-ring (bicyclic) bond motifs is 1. The van der Waals surface area contributed by atoms with Crippen LogP contribution in [-0.4, -0.2) is 94.9 Å². The van der Waals surface area contributed by atoms with Gasteiger partial charge in [-0.3, -0.25) is 9.58 Å². The molecule has 2 aliphatic heterocycles. The van der Waals surface area contributed by atoms with Crippen LogP contribution in [0.15, 0.2) is 47.4 Å². The molecule has 1 atom stereocenters. The monoisotopic (exact) mass is 721 g/mol. The summed E-state index contributed by atoms with van der Waals surface area (Å²) in [5.41, 5.74) is 3.17. The highest BCUT2D eigenvalue weighted by Gasteiger charge is 2.27. The lowest BCUT2D eigenvalue weighted by Gasteiger charge is -2.36. The number of alkyl carbamates (subject to hydrolysis) is 1. The lowest BCUT2D eigenvalue weighted by atomic mass is 9.88. The number of carbonyl (C=O) groups excluding carboxylic acids is 3. The predicted octanol–water partition coefficient (Wildman–Crippen LogP) is 7.14.